The third kappa shape index (κ3) is 3.89. The summed E-state index contributed by atoms with van der Waals surface area (Å²) in [5, 5.41) is 0. The summed E-state index contributed by atoms with van der Waals surface area (Å²) in [5.41, 5.74) is 9.06. The monoisotopic (exact) mass is 406 g/mol. The highest BCUT2D eigenvalue weighted by molar-refractivity contribution is 6.06. The van der Waals surface area contributed by atoms with Crippen LogP contribution in [0.1, 0.15) is 28.4 Å². The van der Waals surface area contributed by atoms with Gasteiger partial charge < -0.3 is 4.74 Å². The van der Waals surface area contributed by atoms with E-state index in [2.05, 4.69) is 55.5 Å². The number of esters is 1. The second-order valence-corrected chi connectivity index (χ2v) is 7.57. The first-order valence-electron chi connectivity index (χ1n) is 10.6. The van der Waals surface area contributed by atoms with E-state index in [4.69, 9.17) is 4.74 Å². The van der Waals surface area contributed by atoms with Crippen molar-refractivity contribution in [1.29, 1.82) is 0 Å². The number of rotatable bonds is 5. The number of hydrogen-bond acceptors (Lipinski definition) is 2. The molecule has 0 spiro atoms. The number of benzene rings is 4. The van der Waals surface area contributed by atoms with Gasteiger partial charge in [-0.15, -0.1) is 0 Å². The van der Waals surface area contributed by atoms with Crippen LogP contribution in [0.15, 0.2) is 91.0 Å². The Balaban J connectivity index is 2.17. The average Bonchev–Trinajstić information content (AvgIpc) is 2.81. The first-order chi connectivity index (χ1) is 15.1. The minimum absolute atomic E-state index is 0.279. The number of carbonyl (C=O) groups excluding carboxylic acids is 1. The van der Waals surface area contributed by atoms with E-state index in [-0.39, 0.29) is 5.97 Å². The molecule has 0 aliphatic rings. The molecule has 4 rings (SSSR count). The number of carbonyl (C=O) groups is 1. The van der Waals surface area contributed by atoms with E-state index in [1.165, 1.54) is 0 Å². The molecule has 0 saturated heterocycles. The minimum atomic E-state index is -0.279. The van der Waals surface area contributed by atoms with Crippen LogP contribution in [0, 0.1) is 13.8 Å². The molecule has 0 heterocycles. The van der Waals surface area contributed by atoms with Crippen LogP contribution in [-0.4, -0.2) is 12.6 Å². The van der Waals surface area contributed by atoms with Gasteiger partial charge in [0.2, 0.25) is 0 Å². The largest absolute Gasteiger partial charge is 0.462 e. The highest BCUT2D eigenvalue weighted by atomic mass is 16.5. The molecule has 0 bridgehead atoms. The van der Waals surface area contributed by atoms with Gasteiger partial charge in [-0.05, 0) is 59.7 Å². The molecule has 0 fully saturated rings. The average molecular weight is 407 g/mol. The fourth-order valence-corrected chi connectivity index (χ4v) is 4.36. The van der Waals surface area contributed by atoms with Gasteiger partial charge in [0.05, 0.1) is 12.2 Å². The lowest BCUT2D eigenvalue weighted by molar-refractivity contribution is 0.0526. The van der Waals surface area contributed by atoms with Crippen molar-refractivity contribution in [1.82, 2.24) is 0 Å². The summed E-state index contributed by atoms with van der Waals surface area (Å²) in [6.07, 6.45) is 0. The first kappa shape index (κ1) is 20.6. The topological polar surface area (TPSA) is 26.3 Å². The van der Waals surface area contributed by atoms with Gasteiger partial charge in [-0.2, -0.15) is 0 Å². The Hall–Kier alpha value is -3.65. The van der Waals surface area contributed by atoms with Crippen molar-refractivity contribution < 1.29 is 9.53 Å². The smallest absolute Gasteiger partial charge is 0.339 e. The molecular formula is C29H26O2. The molecule has 0 N–H and O–H groups in total. The predicted molar refractivity (Wildman–Crippen MR) is 128 cm³/mol. The van der Waals surface area contributed by atoms with Gasteiger partial charge >= 0.3 is 5.97 Å². The maximum absolute atomic E-state index is 13.2. The van der Waals surface area contributed by atoms with Crippen LogP contribution in [0.25, 0.3) is 33.4 Å². The van der Waals surface area contributed by atoms with Crippen molar-refractivity contribution in [3.63, 3.8) is 0 Å². The first-order valence-corrected chi connectivity index (χ1v) is 10.6. The summed E-state index contributed by atoms with van der Waals surface area (Å²) >= 11 is 0. The van der Waals surface area contributed by atoms with Gasteiger partial charge in [0.25, 0.3) is 0 Å². The van der Waals surface area contributed by atoms with Crippen molar-refractivity contribution >= 4 is 5.97 Å². The molecule has 4 aromatic rings. The molecule has 31 heavy (non-hydrogen) atoms. The van der Waals surface area contributed by atoms with E-state index in [0.29, 0.717) is 12.2 Å². The predicted octanol–water partition coefficient (Wildman–Crippen LogP) is 7.48. The van der Waals surface area contributed by atoms with E-state index in [1.54, 1.807) is 0 Å². The number of ether oxygens (including phenoxy) is 1. The third-order valence-electron chi connectivity index (χ3n) is 5.67. The summed E-state index contributed by atoms with van der Waals surface area (Å²) in [7, 11) is 0. The standard InChI is InChI=1S/C29H26O2/c1-4-31-29(30)28-21(3)26(23-16-10-6-11-17-23)25(22-14-8-5-9-15-22)20(2)27(28)24-18-12-7-13-19-24/h5-19H,4H2,1-3H3. The zero-order chi connectivity index (χ0) is 21.8. The SMILES string of the molecule is CCOC(=O)c1c(C)c(-c2ccccc2)c(-c2ccccc2)c(C)c1-c1ccccc1. The molecule has 0 atom stereocenters. The Morgan fingerprint density at radius 2 is 1.00 bits per heavy atom. The lowest BCUT2D eigenvalue weighted by atomic mass is 9.80. The van der Waals surface area contributed by atoms with Crippen LogP contribution in [0.5, 0.6) is 0 Å². The second-order valence-electron chi connectivity index (χ2n) is 7.57. The molecule has 0 aliphatic carbocycles. The second kappa shape index (κ2) is 9.01. The summed E-state index contributed by atoms with van der Waals surface area (Å²) in [4.78, 5) is 13.2. The minimum Gasteiger partial charge on any atom is -0.462 e. The van der Waals surface area contributed by atoms with Gasteiger partial charge in [0, 0.05) is 5.56 Å². The van der Waals surface area contributed by atoms with Crippen molar-refractivity contribution in [3.05, 3.63) is 108 Å². The Morgan fingerprint density at radius 1 is 0.613 bits per heavy atom. The highest BCUT2D eigenvalue weighted by Crippen LogP contribution is 2.44. The van der Waals surface area contributed by atoms with E-state index in [0.717, 1.165) is 44.5 Å². The molecule has 0 unspecified atom stereocenters. The highest BCUT2D eigenvalue weighted by Gasteiger charge is 2.26. The Kier molecular flexibility index (Phi) is 5.99. The fourth-order valence-electron chi connectivity index (χ4n) is 4.36. The molecule has 0 saturated carbocycles. The quantitative estimate of drug-likeness (QED) is 0.321. The van der Waals surface area contributed by atoms with E-state index < -0.39 is 0 Å². The van der Waals surface area contributed by atoms with Crippen LogP contribution >= 0.6 is 0 Å². The molecule has 0 aromatic heterocycles. The Labute approximate surface area is 184 Å². The maximum Gasteiger partial charge on any atom is 0.339 e. The fraction of sp³-hybridized carbons (Fsp3) is 0.138. The van der Waals surface area contributed by atoms with Crippen LogP contribution in [0.2, 0.25) is 0 Å². The van der Waals surface area contributed by atoms with E-state index >= 15 is 0 Å². The van der Waals surface area contributed by atoms with Gasteiger partial charge in [-0.3, -0.25) is 0 Å². The molecule has 2 heteroatoms. The molecule has 2 nitrogen and oxygen atoms in total. The normalized spacial score (nSPS) is 10.7. The Morgan fingerprint density at radius 3 is 1.42 bits per heavy atom. The molecular weight excluding hydrogens is 380 g/mol. The zero-order valence-electron chi connectivity index (χ0n) is 18.2. The van der Waals surface area contributed by atoms with Crippen LogP contribution < -0.4 is 0 Å². The molecule has 0 radical (unpaired) electrons. The van der Waals surface area contributed by atoms with Crippen LogP contribution in [0.3, 0.4) is 0 Å². The van der Waals surface area contributed by atoms with Crippen molar-refractivity contribution in [2.75, 3.05) is 6.61 Å². The van der Waals surface area contributed by atoms with Crippen molar-refractivity contribution in [2.24, 2.45) is 0 Å². The van der Waals surface area contributed by atoms with Crippen molar-refractivity contribution in [2.45, 2.75) is 20.8 Å². The molecule has 0 aliphatic heterocycles. The third-order valence-corrected chi connectivity index (χ3v) is 5.67. The van der Waals surface area contributed by atoms with Gasteiger partial charge in [0.1, 0.15) is 0 Å². The summed E-state index contributed by atoms with van der Waals surface area (Å²) in [6.45, 7) is 6.33. The summed E-state index contributed by atoms with van der Waals surface area (Å²) in [6, 6.07) is 30.8. The summed E-state index contributed by atoms with van der Waals surface area (Å²) in [5.74, 6) is -0.279. The van der Waals surface area contributed by atoms with Gasteiger partial charge in [-0.25, -0.2) is 4.79 Å². The molecule has 154 valence electrons. The van der Waals surface area contributed by atoms with Crippen LogP contribution in [-0.2, 0) is 4.74 Å². The van der Waals surface area contributed by atoms with Gasteiger partial charge in [-0.1, -0.05) is 91.0 Å². The number of hydrogen-bond donors (Lipinski definition) is 0. The van der Waals surface area contributed by atoms with Crippen molar-refractivity contribution in [3.8, 4) is 33.4 Å². The molecule has 4 aromatic carbocycles. The summed E-state index contributed by atoms with van der Waals surface area (Å²) < 4.78 is 5.52. The van der Waals surface area contributed by atoms with E-state index in [1.807, 2.05) is 56.3 Å². The lowest BCUT2D eigenvalue weighted by Gasteiger charge is -2.24. The van der Waals surface area contributed by atoms with Crippen LogP contribution in [0.4, 0.5) is 0 Å². The van der Waals surface area contributed by atoms with Gasteiger partial charge in [0.15, 0.2) is 0 Å². The van der Waals surface area contributed by atoms with E-state index in [9.17, 15) is 4.79 Å². The molecule has 0 amide bonds. The Bertz CT molecular complexity index is 1190. The zero-order valence-corrected chi connectivity index (χ0v) is 18.2. The maximum atomic E-state index is 13.2. The lowest BCUT2D eigenvalue weighted by Crippen LogP contribution is -2.12.